The third-order valence-electron chi connectivity index (χ3n) is 0. The van der Waals surface area contributed by atoms with E-state index in [9.17, 15) is 0 Å². The molecular weight excluding hydrogens is 201 g/mol. The molecule has 0 N–H and O–H groups in total. The molecule has 0 fully saturated rings. The van der Waals surface area contributed by atoms with Gasteiger partial charge >= 0.3 is 25.6 Å². The second-order valence-electron chi connectivity index (χ2n) is 0. The molecule has 0 aromatic heterocycles. The molecule has 0 saturated carbocycles. The predicted octanol–water partition coefficient (Wildman–Crippen LogP) is -1.26. The predicted molar refractivity (Wildman–Crippen MR) is 17.9 cm³/mol. The molecule has 0 aromatic rings. The van der Waals surface area contributed by atoms with Crippen molar-refractivity contribution in [3.8, 4) is 0 Å². The molecule has 14 valence electrons. The van der Waals surface area contributed by atoms with Gasteiger partial charge in [-0.25, -0.2) is 0 Å². The second kappa shape index (κ2) is 17.1. The molecule has 6 radical (unpaired) electrons. The molecule has 0 rings (SSSR count). The summed E-state index contributed by atoms with van der Waals surface area (Å²) >= 11 is 0.300. The summed E-state index contributed by atoms with van der Waals surface area (Å²) in [6, 6.07) is 0. The van der Waals surface area contributed by atoms with Gasteiger partial charge in [-0.15, -0.1) is 0 Å². The Balaban J connectivity index is -0.00000000500. The molecule has 0 amide bonds. The molecular formula is AlKOSn. The molecule has 4 heteroatoms. The zero-order chi connectivity index (χ0) is 2.00. The van der Waals surface area contributed by atoms with E-state index in [1.54, 1.807) is 0 Å². The standard InChI is InChI=1S/Al.K.O.Sn. The zero-order valence-electron chi connectivity index (χ0n) is 2.49. The van der Waals surface area contributed by atoms with Crippen LogP contribution in [0.15, 0.2) is 0 Å². The van der Waals surface area contributed by atoms with Crippen LogP contribution in [0.2, 0.25) is 0 Å². The quantitative estimate of drug-likeness (QED) is 0.447. The molecule has 1 nitrogen and oxygen atoms in total. The van der Waals surface area contributed by atoms with Gasteiger partial charge in [0.2, 0.25) is 0 Å². The summed E-state index contributed by atoms with van der Waals surface area (Å²) in [6.45, 7) is 0. The maximum atomic E-state index is 8.34. The summed E-state index contributed by atoms with van der Waals surface area (Å²) in [5.41, 5.74) is 0. The normalized spacial score (nSPS) is 1.00. The van der Waals surface area contributed by atoms with Crippen LogP contribution in [0.5, 0.6) is 0 Å². The Labute approximate surface area is 91.9 Å². The molecule has 0 spiro atoms. The van der Waals surface area contributed by atoms with Crippen LogP contribution in [-0.2, 0) is 3.08 Å². The summed E-state index contributed by atoms with van der Waals surface area (Å²) in [5.74, 6) is 0. The molecule has 0 atom stereocenters. The van der Waals surface area contributed by atoms with Gasteiger partial charge in [0.1, 0.15) is 0 Å². The fourth-order valence-corrected chi connectivity index (χ4v) is 0. The van der Waals surface area contributed by atoms with Crippen LogP contribution in [0.1, 0.15) is 0 Å². The summed E-state index contributed by atoms with van der Waals surface area (Å²) in [7, 11) is 0. The Morgan fingerprint density at radius 1 is 1.25 bits per heavy atom. The van der Waals surface area contributed by atoms with Gasteiger partial charge in [0.25, 0.3) is 0 Å². The zero-order valence-corrected chi connectivity index (χ0v) is 9.62. The summed E-state index contributed by atoms with van der Waals surface area (Å²) < 4.78 is 8.34. The average Bonchev–Trinajstić information content (AvgIpc) is 1.00. The van der Waals surface area contributed by atoms with Crippen molar-refractivity contribution in [2.45, 2.75) is 0 Å². The summed E-state index contributed by atoms with van der Waals surface area (Å²) in [6.07, 6.45) is 0. The van der Waals surface area contributed by atoms with Gasteiger partial charge in [0, 0.05) is 68.7 Å². The Morgan fingerprint density at radius 3 is 1.25 bits per heavy atom. The molecule has 0 aliphatic carbocycles. The van der Waals surface area contributed by atoms with Gasteiger partial charge in [-0.3, -0.25) is 0 Å². The van der Waals surface area contributed by atoms with Crippen molar-refractivity contribution in [3.63, 3.8) is 0 Å². The van der Waals surface area contributed by atoms with Crippen LogP contribution in [0, 0.1) is 0 Å². The van der Waals surface area contributed by atoms with E-state index in [-0.39, 0.29) is 68.7 Å². The average molecular weight is 201 g/mol. The van der Waals surface area contributed by atoms with Gasteiger partial charge in [-0.2, -0.15) is 0 Å². The maximum absolute atomic E-state index is 8.34. The fourth-order valence-electron chi connectivity index (χ4n) is 0. The van der Waals surface area contributed by atoms with E-state index in [0.717, 1.165) is 0 Å². The second-order valence-corrected chi connectivity index (χ2v) is 0. The molecule has 0 heterocycles. The van der Waals surface area contributed by atoms with Gasteiger partial charge < -0.3 is 0 Å². The van der Waals surface area contributed by atoms with Crippen molar-refractivity contribution >= 4 is 91.3 Å². The van der Waals surface area contributed by atoms with Gasteiger partial charge in [0.15, 0.2) is 0 Å². The van der Waals surface area contributed by atoms with Crippen LogP contribution in [0.4, 0.5) is 0 Å². The van der Waals surface area contributed by atoms with E-state index in [1.165, 1.54) is 0 Å². The van der Waals surface area contributed by atoms with Gasteiger partial charge in [-0.05, 0) is 0 Å². The van der Waals surface area contributed by atoms with Crippen molar-refractivity contribution in [2.75, 3.05) is 0 Å². The summed E-state index contributed by atoms with van der Waals surface area (Å²) in [5, 5.41) is 0. The Hall–Kier alpha value is 2.77. The third-order valence-corrected chi connectivity index (χ3v) is 0. The van der Waals surface area contributed by atoms with Crippen molar-refractivity contribution in [1.29, 1.82) is 0 Å². The van der Waals surface area contributed by atoms with Crippen molar-refractivity contribution in [2.24, 2.45) is 0 Å². The fraction of sp³-hybridized carbons (Fsp3) is 0. The molecule has 0 bridgehead atoms. The van der Waals surface area contributed by atoms with Crippen LogP contribution in [0.25, 0.3) is 0 Å². The first kappa shape index (κ1) is 15.9. The number of rotatable bonds is 0. The van der Waals surface area contributed by atoms with Crippen LogP contribution in [-0.4, -0.2) is 91.3 Å². The van der Waals surface area contributed by atoms with E-state index in [0.29, 0.717) is 22.5 Å². The van der Waals surface area contributed by atoms with Crippen molar-refractivity contribution in [1.82, 2.24) is 0 Å². The van der Waals surface area contributed by atoms with Crippen LogP contribution >= 0.6 is 0 Å². The van der Waals surface area contributed by atoms with Gasteiger partial charge in [0.05, 0.1) is 0 Å². The molecule has 0 saturated heterocycles. The van der Waals surface area contributed by atoms with E-state index in [4.69, 9.17) is 3.08 Å². The van der Waals surface area contributed by atoms with Gasteiger partial charge in [-0.1, -0.05) is 0 Å². The van der Waals surface area contributed by atoms with E-state index >= 15 is 0 Å². The molecule has 4 heavy (non-hydrogen) atoms. The molecule has 0 unspecified atom stereocenters. The van der Waals surface area contributed by atoms with Crippen LogP contribution in [0.3, 0.4) is 0 Å². The Bertz CT molecular complexity index is 8.00. The molecule has 0 aliphatic heterocycles. The topological polar surface area (TPSA) is 17.1 Å². The molecule has 0 aliphatic rings. The van der Waals surface area contributed by atoms with E-state index in [2.05, 4.69) is 0 Å². The van der Waals surface area contributed by atoms with E-state index < -0.39 is 0 Å². The first-order valence-corrected chi connectivity index (χ1v) is 1.37. The SMILES string of the molecule is [Al].[K].[O]=[Sn]. The van der Waals surface area contributed by atoms with Crippen LogP contribution < -0.4 is 0 Å². The third kappa shape index (κ3) is 8.84. The monoisotopic (exact) mass is 202 g/mol. The first-order chi connectivity index (χ1) is 1.00. The Morgan fingerprint density at radius 2 is 1.25 bits per heavy atom. The van der Waals surface area contributed by atoms with E-state index in [1.807, 2.05) is 0 Å². The summed E-state index contributed by atoms with van der Waals surface area (Å²) in [4.78, 5) is 0. The minimum atomic E-state index is 0. The first-order valence-electron chi connectivity index (χ1n) is 0.204. The van der Waals surface area contributed by atoms with Crippen molar-refractivity contribution in [3.05, 3.63) is 0 Å². The Kier molecular flexibility index (Phi) is 67.9. The minimum absolute atomic E-state index is 0. The number of hydrogen-bond acceptors (Lipinski definition) is 1. The molecule has 0 aromatic carbocycles. The van der Waals surface area contributed by atoms with Crippen molar-refractivity contribution < 1.29 is 3.08 Å². The number of hydrogen-bond donors (Lipinski definition) is 0.